The number of carbonyl (C=O) groups excluding carboxylic acids is 1. The SMILES string of the molecule is CCCCc1ccc(C#N)c(SC(CC)C(=O)Nc2ccc(C)cc2)n1. The van der Waals surface area contributed by atoms with Gasteiger partial charge in [-0.15, -0.1) is 0 Å². The minimum absolute atomic E-state index is 0.0639. The lowest BCUT2D eigenvalue weighted by Crippen LogP contribution is -2.24. The van der Waals surface area contributed by atoms with Gasteiger partial charge in [0.2, 0.25) is 5.91 Å². The Balaban J connectivity index is 2.13. The first kappa shape index (κ1) is 20.0. The molecule has 0 radical (unpaired) electrons. The van der Waals surface area contributed by atoms with Crippen LogP contribution in [0.3, 0.4) is 0 Å². The molecule has 2 rings (SSSR count). The number of amides is 1. The van der Waals surface area contributed by atoms with E-state index in [-0.39, 0.29) is 11.2 Å². The summed E-state index contributed by atoms with van der Waals surface area (Å²) in [5.41, 5.74) is 3.43. The molecule has 1 amide bonds. The highest BCUT2D eigenvalue weighted by atomic mass is 32.2. The topological polar surface area (TPSA) is 65.8 Å². The van der Waals surface area contributed by atoms with Gasteiger partial charge in [0.25, 0.3) is 0 Å². The van der Waals surface area contributed by atoms with Crippen LogP contribution in [0, 0.1) is 18.3 Å². The number of aryl methyl sites for hydroxylation is 2. The molecule has 1 heterocycles. The molecule has 0 aliphatic carbocycles. The quantitative estimate of drug-likeness (QED) is 0.658. The smallest absolute Gasteiger partial charge is 0.237 e. The fraction of sp³-hybridized carbons (Fsp3) is 0.381. The lowest BCUT2D eigenvalue weighted by atomic mass is 10.2. The highest BCUT2D eigenvalue weighted by Crippen LogP contribution is 2.28. The Morgan fingerprint density at radius 3 is 2.58 bits per heavy atom. The van der Waals surface area contributed by atoms with E-state index in [0.717, 1.165) is 36.2 Å². The molecule has 0 fully saturated rings. The zero-order valence-electron chi connectivity index (χ0n) is 15.6. The summed E-state index contributed by atoms with van der Waals surface area (Å²) >= 11 is 1.37. The van der Waals surface area contributed by atoms with Crippen LogP contribution in [0.15, 0.2) is 41.4 Å². The second-order valence-corrected chi connectivity index (χ2v) is 7.43. The lowest BCUT2D eigenvalue weighted by molar-refractivity contribution is -0.115. The number of pyridine rings is 1. The fourth-order valence-corrected chi connectivity index (χ4v) is 3.48. The minimum atomic E-state index is -0.294. The van der Waals surface area contributed by atoms with E-state index >= 15 is 0 Å². The number of rotatable bonds is 8. The molecule has 0 spiro atoms. The average Bonchev–Trinajstić information content (AvgIpc) is 2.66. The molecular formula is C21H25N3OS. The Hall–Kier alpha value is -2.32. The number of nitriles is 1. The number of aromatic nitrogens is 1. The molecule has 1 aromatic carbocycles. The molecule has 2 aromatic rings. The first-order valence-electron chi connectivity index (χ1n) is 9.01. The van der Waals surface area contributed by atoms with Crippen LogP contribution in [-0.2, 0) is 11.2 Å². The summed E-state index contributed by atoms with van der Waals surface area (Å²) < 4.78 is 0. The molecule has 1 unspecified atom stereocenters. The highest BCUT2D eigenvalue weighted by Gasteiger charge is 2.21. The first-order chi connectivity index (χ1) is 12.6. The molecule has 26 heavy (non-hydrogen) atoms. The van der Waals surface area contributed by atoms with Gasteiger partial charge in [0.15, 0.2) is 0 Å². The standard InChI is InChI=1S/C21H25N3OS/c1-4-6-7-17-13-10-16(14-22)21(24-17)26-19(5-2)20(25)23-18-11-8-15(3)9-12-18/h8-13,19H,4-7H2,1-3H3,(H,23,25). The number of unbranched alkanes of at least 4 members (excludes halogenated alkanes) is 1. The van der Waals surface area contributed by atoms with Gasteiger partial charge in [-0.1, -0.05) is 49.7 Å². The zero-order chi connectivity index (χ0) is 18.9. The number of nitrogens with one attached hydrogen (secondary N) is 1. The Morgan fingerprint density at radius 1 is 1.23 bits per heavy atom. The summed E-state index contributed by atoms with van der Waals surface area (Å²) in [6.45, 7) is 6.12. The van der Waals surface area contributed by atoms with Crippen LogP contribution in [0.2, 0.25) is 0 Å². The molecule has 4 nitrogen and oxygen atoms in total. The third kappa shape index (κ3) is 5.60. The highest BCUT2D eigenvalue weighted by molar-refractivity contribution is 8.00. The third-order valence-electron chi connectivity index (χ3n) is 4.06. The molecule has 0 saturated carbocycles. The minimum Gasteiger partial charge on any atom is -0.325 e. The molecule has 5 heteroatoms. The van der Waals surface area contributed by atoms with Crippen molar-refractivity contribution in [1.82, 2.24) is 4.98 Å². The van der Waals surface area contributed by atoms with Crippen molar-refractivity contribution in [2.24, 2.45) is 0 Å². The molecule has 0 bridgehead atoms. The van der Waals surface area contributed by atoms with Crippen LogP contribution < -0.4 is 5.32 Å². The summed E-state index contributed by atoms with van der Waals surface area (Å²) in [4.78, 5) is 17.3. The van der Waals surface area contributed by atoms with E-state index < -0.39 is 0 Å². The van der Waals surface area contributed by atoms with Crippen molar-refractivity contribution in [2.45, 2.75) is 56.7 Å². The van der Waals surface area contributed by atoms with Crippen LogP contribution in [0.1, 0.15) is 49.9 Å². The molecule has 136 valence electrons. The van der Waals surface area contributed by atoms with Gasteiger partial charge in [-0.25, -0.2) is 4.98 Å². The summed E-state index contributed by atoms with van der Waals surface area (Å²) in [5, 5.41) is 12.7. The van der Waals surface area contributed by atoms with E-state index in [2.05, 4.69) is 23.3 Å². The predicted molar refractivity (Wildman–Crippen MR) is 107 cm³/mol. The van der Waals surface area contributed by atoms with Crippen LogP contribution >= 0.6 is 11.8 Å². The molecule has 0 aliphatic heterocycles. The lowest BCUT2D eigenvalue weighted by Gasteiger charge is -2.15. The van der Waals surface area contributed by atoms with Gasteiger partial charge in [-0.05, 0) is 50.5 Å². The maximum atomic E-state index is 12.6. The van der Waals surface area contributed by atoms with Crippen LogP contribution in [-0.4, -0.2) is 16.1 Å². The van der Waals surface area contributed by atoms with Crippen molar-refractivity contribution in [3.8, 4) is 6.07 Å². The molecule has 0 saturated heterocycles. The number of thioether (sulfide) groups is 1. The van der Waals surface area contributed by atoms with E-state index in [9.17, 15) is 10.1 Å². The zero-order valence-corrected chi connectivity index (χ0v) is 16.4. The monoisotopic (exact) mass is 367 g/mol. The first-order valence-corrected chi connectivity index (χ1v) is 9.89. The molecule has 1 atom stereocenters. The summed E-state index contributed by atoms with van der Waals surface area (Å²) in [6, 6.07) is 13.6. The van der Waals surface area contributed by atoms with Crippen molar-refractivity contribution < 1.29 is 4.79 Å². The maximum absolute atomic E-state index is 12.6. The maximum Gasteiger partial charge on any atom is 0.237 e. The number of nitrogens with zero attached hydrogens (tertiary/aromatic N) is 2. The number of hydrogen-bond acceptors (Lipinski definition) is 4. The second-order valence-electron chi connectivity index (χ2n) is 6.24. The van der Waals surface area contributed by atoms with E-state index in [1.54, 1.807) is 0 Å². The van der Waals surface area contributed by atoms with Gasteiger partial charge in [0.05, 0.1) is 10.8 Å². The van der Waals surface area contributed by atoms with E-state index in [0.29, 0.717) is 17.0 Å². The van der Waals surface area contributed by atoms with Crippen LogP contribution in [0.25, 0.3) is 0 Å². The average molecular weight is 368 g/mol. The summed E-state index contributed by atoms with van der Waals surface area (Å²) in [5.74, 6) is -0.0639. The normalized spacial score (nSPS) is 11.6. The summed E-state index contributed by atoms with van der Waals surface area (Å²) in [6.07, 6.45) is 3.71. The van der Waals surface area contributed by atoms with Gasteiger partial charge in [0.1, 0.15) is 11.1 Å². The Morgan fingerprint density at radius 2 is 1.96 bits per heavy atom. The number of hydrogen-bond donors (Lipinski definition) is 1. The van der Waals surface area contributed by atoms with Crippen molar-refractivity contribution in [2.75, 3.05) is 5.32 Å². The van der Waals surface area contributed by atoms with Gasteiger partial charge < -0.3 is 5.32 Å². The molecule has 1 aromatic heterocycles. The molecular weight excluding hydrogens is 342 g/mol. The van der Waals surface area contributed by atoms with Gasteiger partial charge >= 0.3 is 0 Å². The summed E-state index contributed by atoms with van der Waals surface area (Å²) in [7, 11) is 0. The van der Waals surface area contributed by atoms with E-state index in [1.807, 2.05) is 50.2 Å². The number of carbonyl (C=O) groups is 1. The Bertz CT molecular complexity index is 781. The largest absolute Gasteiger partial charge is 0.325 e. The Labute approximate surface area is 160 Å². The van der Waals surface area contributed by atoms with Gasteiger partial charge in [-0.3, -0.25) is 4.79 Å². The van der Waals surface area contributed by atoms with Crippen molar-refractivity contribution >= 4 is 23.4 Å². The van der Waals surface area contributed by atoms with Gasteiger partial charge in [-0.2, -0.15) is 5.26 Å². The third-order valence-corrected chi connectivity index (χ3v) is 5.43. The molecule has 0 aliphatic rings. The van der Waals surface area contributed by atoms with E-state index in [4.69, 9.17) is 0 Å². The number of benzene rings is 1. The van der Waals surface area contributed by atoms with Crippen molar-refractivity contribution in [1.29, 1.82) is 5.26 Å². The Kier molecular flexibility index (Phi) is 7.68. The second kappa shape index (κ2) is 9.98. The fourth-order valence-electron chi connectivity index (χ4n) is 2.47. The van der Waals surface area contributed by atoms with Crippen molar-refractivity contribution in [3.05, 3.63) is 53.2 Å². The van der Waals surface area contributed by atoms with Gasteiger partial charge in [0, 0.05) is 11.4 Å². The van der Waals surface area contributed by atoms with Crippen LogP contribution in [0.5, 0.6) is 0 Å². The van der Waals surface area contributed by atoms with Crippen LogP contribution in [0.4, 0.5) is 5.69 Å². The van der Waals surface area contributed by atoms with Crippen molar-refractivity contribution in [3.63, 3.8) is 0 Å². The van der Waals surface area contributed by atoms with E-state index in [1.165, 1.54) is 11.8 Å². The molecule has 1 N–H and O–H groups in total. The number of anilines is 1. The predicted octanol–water partition coefficient (Wildman–Crippen LogP) is 5.11.